The van der Waals surface area contributed by atoms with E-state index in [1.807, 2.05) is 23.5 Å². The van der Waals surface area contributed by atoms with Gasteiger partial charge >= 0.3 is 0 Å². The van der Waals surface area contributed by atoms with E-state index >= 15 is 0 Å². The Balaban J connectivity index is 1.26. The fourth-order valence-electron chi connectivity index (χ4n) is 3.03. The van der Waals surface area contributed by atoms with Crippen LogP contribution in [0.5, 0.6) is 0 Å². The number of rotatable bonds is 13. The summed E-state index contributed by atoms with van der Waals surface area (Å²) in [6.07, 6.45) is 16.6. The molecule has 0 aromatic carbocycles. The molecule has 0 radical (unpaired) electrons. The zero-order valence-corrected chi connectivity index (χ0v) is 15.7. The fourth-order valence-corrected chi connectivity index (χ4v) is 4.81. The number of hydrogen-bond acceptors (Lipinski definition) is 4. The molecule has 0 saturated carbocycles. The lowest BCUT2D eigenvalue weighted by Gasteiger charge is -2.03. The van der Waals surface area contributed by atoms with Crippen molar-refractivity contribution in [1.82, 2.24) is 0 Å². The summed E-state index contributed by atoms with van der Waals surface area (Å²) >= 11 is 3.95. The van der Waals surface area contributed by atoms with Gasteiger partial charge < -0.3 is 0 Å². The molecule has 0 atom stereocenters. The molecule has 0 N–H and O–H groups in total. The summed E-state index contributed by atoms with van der Waals surface area (Å²) in [5.74, 6) is 2.45. The van der Waals surface area contributed by atoms with Crippen molar-refractivity contribution in [3.8, 4) is 0 Å². The molecule has 0 aromatic rings. The van der Waals surface area contributed by atoms with Crippen LogP contribution in [0.4, 0.5) is 0 Å². The van der Waals surface area contributed by atoms with Gasteiger partial charge in [0.05, 0.1) is 10.1 Å². The number of aliphatic imine (C=N–C) groups is 2. The highest BCUT2D eigenvalue weighted by molar-refractivity contribution is 8.14. The van der Waals surface area contributed by atoms with Crippen LogP contribution in [0, 0.1) is 0 Å². The zero-order chi connectivity index (χ0) is 15.3. The first-order valence-corrected chi connectivity index (χ1v) is 11.2. The normalized spacial score (nSPS) is 17.8. The molecule has 4 heteroatoms. The topological polar surface area (TPSA) is 24.7 Å². The van der Waals surface area contributed by atoms with Crippen molar-refractivity contribution in [1.29, 1.82) is 0 Å². The first kappa shape index (κ1) is 18.4. The minimum absolute atomic E-state index is 1.06. The molecule has 0 aromatic heterocycles. The second-order valence-electron chi connectivity index (χ2n) is 6.28. The Morgan fingerprint density at radius 1 is 0.545 bits per heavy atom. The molecule has 22 heavy (non-hydrogen) atoms. The second kappa shape index (κ2) is 12.5. The largest absolute Gasteiger partial charge is 0.282 e. The molecule has 0 fully saturated rings. The zero-order valence-electron chi connectivity index (χ0n) is 14.0. The van der Waals surface area contributed by atoms with E-state index in [0.29, 0.717) is 0 Å². The summed E-state index contributed by atoms with van der Waals surface area (Å²) in [4.78, 5) is 9.03. The maximum Gasteiger partial charge on any atom is 0.0676 e. The van der Waals surface area contributed by atoms with Crippen LogP contribution < -0.4 is 0 Å². The fraction of sp³-hybridized carbons (Fsp3) is 0.889. The average molecular weight is 341 g/mol. The van der Waals surface area contributed by atoms with Crippen molar-refractivity contribution in [3.05, 3.63) is 0 Å². The molecule has 0 bridgehead atoms. The lowest BCUT2D eigenvalue weighted by molar-refractivity contribution is 0.557. The van der Waals surface area contributed by atoms with Crippen LogP contribution in [-0.2, 0) is 0 Å². The maximum absolute atomic E-state index is 4.51. The number of thioether (sulfide) groups is 2. The Morgan fingerprint density at radius 3 is 1.23 bits per heavy atom. The molecule has 0 amide bonds. The highest BCUT2D eigenvalue weighted by Gasteiger charge is 2.06. The van der Waals surface area contributed by atoms with E-state index in [9.17, 15) is 0 Å². The van der Waals surface area contributed by atoms with Crippen LogP contribution in [0.25, 0.3) is 0 Å². The van der Waals surface area contributed by atoms with Gasteiger partial charge in [0.2, 0.25) is 0 Å². The van der Waals surface area contributed by atoms with Crippen molar-refractivity contribution >= 4 is 33.6 Å². The number of unbranched alkanes of at least 4 members (excludes halogenated alkanes) is 9. The van der Waals surface area contributed by atoms with E-state index in [2.05, 4.69) is 9.98 Å². The smallest absolute Gasteiger partial charge is 0.0676 e. The van der Waals surface area contributed by atoms with Crippen molar-refractivity contribution in [2.75, 3.05) is 24.6 Å². The minimum atomic E-state index is 1.06. The van der Waals surface area contributed by atoms with Crippen LogP contribution in [0.1, 0.15) is 77.0 Å². The summed E-state index contributed by atoms with van der Waals surface area (Å²) in [5, 5.41) is 2.84. The molecular weight excluding hydrogens is 308 g/mol. The monoisotopic (exact) mass is 340 g/mol. The van der Waals surface area contributed by atoms with Crippen LogP contribution in [0.3, 0.4) is 0 Å². The first-order valence-electron chi connectivity index (χ1n) is 9.27. The van der Waals surface area contributed by atoms with Gasteiger partial charge in [-0.25, -0.2) is 0 Å². The maximum atomic E-state index is 4.51. The predicted octanol–water partition coefficient (Wildman–Crippen LogP) is 5.96. The Bertz CT molecular complexity index is 319. The van der Waals surface area contributed by atoms with Crippen LogP contribution in [0.2, 0.25) is 0 Å². The van der Waals surface area contributed by atoms with Crippen LogP contribution in [-0.4, -0.2) is 34.7 Å². The lowest BCUT2D eigenvalue weighted by atomic mass is 10.1. The van der Waals surface area contributed by atoms with E-state index in [0.717, 1.165) is 13.1 Å². The SMILES string of the molecule is C(CCCCCCC1=NCCS1)CCCCCC1=NCCS1. The van der Waals surface area contributed by atoms with Gasteiger partial charge in [0.15, 0.2) is 0 Å². The van der Waals surface area contributed by atoms with Gasteiger partial charge in [0.25, 0.3) is 0 Å². The molecule has 0 aliphatic carbocycles. The van der Waals surface area contributed by atoms with Crippen LogP contribution >= 0.6 is 23.5 Å². The lowest BCUT2D eigenvalue weighted by Crippen LogP contribution is -1.89. The van der Waals surface area contributed by atoms with E-state index in [-0.39, 0.29) is 0 Å². The Hall–Kier alpha value is 0.0400. The molecule has 2 rings (SSSR count). The first-order chi connectivity index (χ1) is 10.9. The molecule has 126 valence electrons. The van der Waals surface area contributed by atoms with E-state index in [1.165, 1.54) is 98.6 Å². The highest BCUT2D eigenvalue weighted by Crippen LogP contribution is 2.19. The molecule has 2 nitrogen and oxygen atoms in total. The summed E-state index contributed by atoms with van der Waals surface area (Å²) < 4.78 is 0. The third-order valence-corrected chi connectivity index (χ3v) is 6.43. The molecule has 0 unspecified atom stereocenters. The molecule has 2 aliphatic rings. The van der Waals surface area contributed by atoms with Gasteiger partial charge in [-0.1, -0.05) is 51.4 Å². The Kier molecular flexibility index (Phi) is 10.4. The van der Waals surface area contributed by atoms with Gasteiger partial charge in [-0.2, -0.15) is 0 Å². The van der Waals surface area contributed by atoms with Crippen molar-refractivity contribution < 1.29 is 0 Å². The Labute approximate surface area is 145 Å². The molecule has 0 spiro atoms. The molecule has 0 saturated heterocycles. The molecule has 2 aliphatic heterocycles. The minimum Gasteiger partial charge on any atom is -0.282 e. The summed E-state index contributed by atoms with van der Waals surface area (Å²) in [5.41, 5.74) is 0. The van der Waals surface area contributed by atoms with Gasteiger partial charge in [0.1, 0.15) is 0 Å². The standard InChI is InChI=1S/C18H32N2S2/c1(3-5-7-9-11-17-19-13-15-21-17)2-4-6-8-10-12-18-20-14-16-22-18/h1-16H2. The third-order valence-electron chi connectivity index (χ3n) is 4.33. The summed E-state index contributed by atoms with van der Waals surface area (Å²) in [7, 11) is 0. The quantitative estimate of drug-likeness (QED) is 0.386. The average Bonchev–Trinajstić information content (AvgIpc) is 3.21. The third kappa shape index (κ3) is 8.61. The van der Waals surface area contributed by atoms with Crippen molar-refractivity contribution in [2.45, 2.75) is 77.0 Å². The predicted molar refractivity (Wildman–Crippen MR) is 105 cm³/mol. The Morgan fingerprint density at radius 2 is 0.909 bits per heavy atom. The highest BCUT2D eigenvalue weighted by atomic mass is 32.2. The second-order valence-corrected chi connectivity index (χ2v) is 8.62. The van der Waals surface area contributed by atoms with E-state index in [4.69, 9.17) is 0 Å². The van der Waals surface area contributed by atoms with E-state index in [1.54, 1.807) is 0 Å². The summed E-state index contributed by atoms with van der Waals surface area (Å²) in [6, 6.07) is 0. The van der Waals surface area contributed by atoms with E-state index < -0.39 is 0 Å². The van der Waals surface area contributed by atoms with Gasteiger partial charge in [0, 0.05) is 24.6 Å². The van der Waals surface area contributed by atoms with Gasteiger partial charge in [-0.3, -0.25) is 9.98 Å². The van der Waals surface area contributed by atoms with Crippen molar-refractivity contribution in [2.24, 2.45) is 9.98 Å². The van der Waals surface area contributed by atoms with Gasteiger partial charge in [-0.15, -0.1) is 23.5 Å². The van der Waals surface area contributed by atoms with Crippen molar-refractivity contribution in [3.63, 3.8) is 0 Å². The number of nitrogens with zero attached hydrogens (tertiary/aromatic N) is 2. The molecule has 2 heterocycles. The molecular formula is C18H32N2S2. The van der Waals surface area contributed by atoms with Crippen LogP contribution in [0.15, 0.2) is 9.98 Å². The van der Waals surface area contributed by atoms with Gasteiger partial charge in [-0.05, 0) is 25.7 Å². The summed E-state index contributed by atoms with van der Waals surface area (Å²) in [6.45, 7) is 2.12. The number of hydrogen-bond donors (Lipinski definition) is 0.